The molecular formula is C21H16Cl2N2O. The number of carbonyl (C=O) groups is 1. The number of aromatic nitrogens is 1. The second-order valence-corrected chi connectivity index (χ2v) is 6.34. The van der Waals surface area contributed by atoms with Gasteiger partial charge < -0.3 is 5.32 Å². The summed E-state index contributed by atoms with van der Waals surface area (Å²) in [6, 6.07) is 18.8. The van der Waals surface area contributed by atoms with Crippen LogP contribution < -0.4 is 5.32 Å². The molecule has 3 aromatic rings. The largest absolute Gasteiger partial charge is 0.323 e. The van der Waals surface area contributed by atoms with Gasteiger partial charge in [0.2, 0.25) is 5.91 Å². The van der Waals surface area contributed by atoms with Crippen LogP contribution in [0.25, 0.3) is 17.2 Å². The molecule has 1 N–H and O–H groups in total. The topological polar surface area (TPSA) is 42.0 Å². The van der Waals surface area contributed by atoms with Crippen molar-refractivity contribution in [2.45, 2.75) is 5.88 Å². The first kappa shape index (κ1) is 18.2. The van der Waals surface area contributed by atoms with Crippen LogP contribution in [0.3, 0.4) is 0 Å². The van der Waals surface area contributed by atoms with E-state index < -0.39 is 0 Å². The number of benzene rings is 2. The lowest BCUT2D eigenvalue weighted by molar-refractivity contribution is -0.111. The van der Waals surface area contributed by atoms with Crippen molar-refractivity contribution < 1.29 is 4.79 Å². The van der Waals surface area contributed by atoms with Gasteiger partial charge in [-0.05, 0) is 47.5 Å². The van der Waals surface area contributed by atoms with Gasteiger partial charge in [0.1, 0.15) is 0 Å². The van der Waals surface area contributed by atoms with Crippen LogP contribution in [0.5, 0.6) is 0 Å². The van der Waals surface area contributed by atoms with Crippen molar-refractivity contribution in [3.63, 3.8) is 0 Å². The van der Waals surface area contributed by atoms with Gasteiger partial charge in [0.05, 0.1) is 5.69 Å². The summed E-state index contributed by atoms with van der Waals surface area (Å²) in [6.45, 7) is 0. The first-order valence-electron chi connectivity index (χ1n) is 8.00. The Labute approximate surface area is 162 Å². The van der Waals surface area contributed by atoms with Gasteiger partial charge in [-0.1, -0.05) is 41.9 Å². The molecule has 0 fully saturated rings. The normalized spacial score (nSPS) is 10.8. The van der Waals surface area contributed by atoms with Crippen LogP contribution in [0.1, 0.15) is 11.3 Å². The predicted octanol–water partition coefficient (Wildman–Crippen LogP) is 5.79. The highest BCUT2D eigenvalue weighted by Crippen LogP contribution is 2.21. The van der Waals surface area contributed by atoms with Crippen LogP contribution in [0.4, 0.5) is 5.69 Å². The van der Waals surface area contributed by atoms with Crippen molar-refractivity contribution in [3.05, 3.63) is 89.2 Å². The van der Waals surface area contributed by atoms with E-state index in [-0.39, 0.29) is 5.91 Å². The molecule has 130 valence electrons. The Hall–Kier alpha value is -2.62. The van der Waals surface area contributed by atoms with E-state index in [0.717, 1.165) is 22.4 Å². The Morgan fingerprint density at radius 2 is 1.65 bits per heavy atom. The van der Waals surface area contributed by atoms with Crippen LogP contribution in [0, 0.1) is 0 Å². The molecule has 3 rings (SSSR count). The number of nitrogens with zero attached hydrogens (tertiary/aromatic N) is 1. The molecule has 1 amide bonds. The van der Waals surface area contributed by atoms with Crippen molar-refractivity contribution in [3.8, 4) is 11.1 Å². The number of anilines is 1. The van der Waals surface area contributed by atoms with Crippen LogP contribution in [0.15, 0.2) is 72.9 Å². The molecule has 0 saturated carbocycles. The van der Waals surface area contributed by atoms with Gasteiger partial charge in [-0.3, -0.25) is 9.78 Å². The monoisotopic (exact) mass is 382 g/mol. The molecule has 0 spiro atoms. The van der Waals surface area contributed by atoms with Crippen molar-refractivity contribution in [1.82, 2.24) is 4.98 Å². The van der Waals surface area contributed by atoms with Crippen LogP contribution in [-0.4, -0.2) is 10.9 Å². The van der Waals surface area contributed by atoms with Gasteiger partial charge >= 0.3 is 0 Å². The average molecular weight is 383 g/mol. The standard InChI is InChI=1S/C21H16Cl2N2O/c22-13-15-1-8-20(9-2-15)25-21(26)12-11-19-10-5-17(14-24-19)16-3-6-18(23)7-4-16/h1-12,14H,13H2,(H,25,26). The summed E-state index contributed by atoms with van der Waals surface area (Å²) in [5.41, 5.74) is 4.46. The second kappa shape index (κ2) is 8.65. The molecule has 0 atom stereocenters. The van der Waals surface area contributed by atoms with Crippen LogP contribution >= 0.6 is 23.2 Å². The molecule has 0 radical (unpaired) electrons. The third kappa shape index (κ3) is 4.94. The lowest BCUT2D eigenvalue weighted by Gasteiger charge is -2.03. The molecule has 1 heterocycles. The summed E-state index contributed by atoms with van der Waals surface area (Å²) in [5, 5.41) is 3.50. The highest BCUT2D eigenvalue weighted by molar-refractivity contribution is 6.30. The summed E-state index contributed by atoms with van der Waals surface area (Å²) < 4.78 is 0. The fourth-order valence-corrected chi connectivity index (χ4v) is 2.64. The number of hydrogen-bond acceptors (Lipinski definition) is 2. The molecule has 5 heteroatoms. The second-order valence-electron chi connectivity index (χ2n) is 5.63. The quantitative estimate of drug-likeness (QED) is 0.447. The van der Waals surface area contributed by atoms with Gasteiger partial charge in [-0.15, -0.1) is 11.6 Å². The molecule has 0 unspecified atom stereocenters. The fraction of sp³-hybridized carbons (Fsp3) is 0.0476. The van der Waals surface area contributed by atoms with Gasteiger partial charge in [-0.25, -0.2) is 0 Å². The zero-order valence-corrected chi connectivity index (χ0v) is 15.3. The van der Waals surface area contributed by atoms with Gasteiger partial charge in [0.25, 0.3) is 0 Å². The summed E-state index contributed by atoms with van der Waals surface area (Å²) >= 11 is 11.6. The smallest absolute Gasteiger partial charge is 0.248 e. The predicted molar refractivity (Wildman–Crippen MR) is 108 cm³/mol. The van der Waals surface area contributed by atoms with E-state index >= 15 is 0 Å². The molecule has 26 heavy (non-hydrogen) atoms. The summed E-state index contributed by atoms with van der Waals surface area (Å²) in [6.07, 6.45) is 4.90. The molecule has 1 aromatic heterocycles. The number of amides is 1. The molecular weight excluding hydrogens is 367 g/mol. The SMILES string of the molecule is O=C(C=Cc1ccc(-c2ccc(Cl)cc2)cn1)Nc1ccc(CCl)cc1. The minimum atomic E-state index is -0.216. The highest BCUT2D eigenvalue weighted by atomic mass is 35.5. The molecule has 3 nitrogen and oxygen atoms in total. The number of rotatable bonds is 5. The zero-order chi connectivity index (χ0) is 18.4. The highest BCUT2D eigenvalue weighted by Gasteiger charge is 2.00. The fourth-order valence-electron chi connectivity index (χ4n) is 2.34. The van der Waals surface area contributed by atoms with E-state index in [0.29, 0.717) is 16.6 Å². The maximum absolute atomic E-state index is 12.0. The van der Waals surface area contributed by atoms with E-state index in [9.17, 15) is 4.79 Å². The van der Waals surface area contributed by atoms with Crippen LogP contribution in [0.2, 0.25) is 5.02 Å². The number of nitrogens with one attached hydrogen (secondary N) is 1. The maximum Gasteiger partial charge on any atom is 0.248 e. The van der Waals surface area contributed by atoms with E-state index in [4.69, 9.17) is 23.2 Å². The lowest BCUT2D eigenvalue weighted by atomic mass is 10.1. The van der Waals surface area contributed by atoms with E-state index in [2.05, 4.69) is 10.3 Å². The molecule has 0 bridgehead atoms. The Kier molecular flexibility index (Phi) is 6.05. The number of alkyl halides is 1. The Morgan fingerprint density at radius 3 is 2.27 bits per heavy atom. The summed E-state index contributed by atoms with van der Waals surface area (Å²) in [7, 11) is 0. The Morgan fingerprint density at radius 1 is 0.962 bits per heavy atom. The molecule has 0 aliphatic carbocycles. The van der Waals surface area contributed by atoms with Crippen molar-refractivity contribution in [2.24, 2.45) is 0 Å². The van der Waals surface area contributed by atoms with Gasteiger partial charge in [0.15, 0.2) is 0 Å². The average Bonchev–Trinajstić information content (AvgIpc) is 2.68. The van der Waals surface area contributed by atoms with Crippen molar-refractivity contribution >= 4 is 40.9 Å². The summed E-state index contributed by atoms with van der Waals surface area (Å²) in [4.78, 5) is 16.4. The third-order valence-electron chi connectivity index (χ3n) is 3.75. The molecule has 0 aliphatic rings. The van der Waals surface area contributed by atoms with E-state index in [1.807, 2.05) is 60.7 Å². The molecule has 0 aliphatic heterocycles. The molecule has 0 saturated heterocycles. The van der Waals surface area contributed by atoms with Gasteiger partial charge in [-0.2, -0.15) is 0 Å². The van der Waals surface area contributed by atoms with Gasteiger partial charge in [0, 0.05) is 34.4 Å². The summed E-state index contributed by atoms with van der Waals surface area (Å²) in [5.74, 6) is 0.235. The number of halogens is 2. The van der Waals surface area contributed by atoms with E-state index in [1.54, 1.807) is 12.3 Å². The first-order chi connectivity index (χ1) is 12.6. The zero-order valence-electron chi connectivity index (χ0n) is 13.8. The first-order valence-corrected chi connectivity index (χ1v) is 8.91. The number of hydrogen-bond donors (Lipinski definition) is 1. The Balaban J connectivity index is 1.62. The van der Waals surface area contributed by atoms with Crippen LogP contribution in [-0.2, 0) is 10.7 Å². The number of carbonyl (C=O) groups excluding carboxylic acids is 1. The van der Waals surface area contributed by atoms with E-state index in [1.165, 1.54) is 6.08 Å². The lowest BCUT2D eigenvalue weighted by Crippen LogP contribution is -2.07. The number of pyridine rings is 1. The minimum Gasteiger partial charge on any atom is -0.323 e. The third-order valence-corrected chi connectivity index (χ3v) is 4.31. The molecule has 2 aromatic carbocycles. The van der Waals surface area contributed by atoms with Crippen molar-refractivity contribution in [2.75, 3.05) is 5.32 Å². The maximum atomic E-state index is 12.0. The minimum absolute atomic E-state index is 0.216. The van der Waals surface area contributed by atoms with Crippen molar-refractivity contribution in [1.29, 1.82) is 0 Å². The Bertz CT molecular complexity index is 902.